The third kappa shape index (κ3) is 3.52. The normalized spacial score (nSPS) is 10.3. The van der Waals surface area contributed by atoms with Gasteiger partial charge in [-0.1, -0.05) is 54.2 Å². The second-order valence-corrected chi connectivity index (χ2v) is 5.33. The van der Waals surface area contributed by atoms with Gasteiger partial charge in [0.1, 0.15) is 4.99 Å². The molecule has 0 amide bonds. The van der Waals surface area contributed by atoms with Crippen LogP contribution in [0.5, 0.6) is 0 Å². The van der Waals surface area contributed by atoms with E-state index in [4.69, 9.17) is 23.8 Å². The first-order valence-corrected chi connectivity index (χ1v) is 6.76. The Hall–Kier alpha value is -1.45. The number of hydrogen-bond acceptors (Lipinski definition) is 2. The predicted molar refractivity (Wildman–Crippen MR) is 83.9 cm³/mol. The van der Waals surface area contributed by atoms with Crippen LogP contribution >= 0.6 is 23.8 Å². The largest absolute Gasteiger partial charge is 0.368 e. The van der Waals surface area contributed by atoms with Crippen molar-refractivity contribution in [2.24, 2.45) is 0 Å². The van der Waals surface area contributed by atoms with Gasteiger partial charge in [-0.05, 0) is 11.6 Å². The highest BCUT2D eigenvalue weighted by Crippen LogP contribution is 2.18. The summed E-state index contributed by atoms with van der Waals surface area (Å²) in [6.45, 7) is 0. The lowest BCUT2D eigenvalue weighted by molar-refractivity contribution is 0.635. The van der Waals surface area contributed by atoms with Crippen molar-refractivity contribution in [3.63, 3.8) is 0 Å². The molecule has 98 valence electrons. The standard InChI is InChI=1S/C15H15ClN2S/c1-18(2)15(19)13-9-12(16)10-17-14(13)8-11-6-4-3-5-7-11/h3-7,9-10H,8H2,1-2H3. The average Bonchev–Trinajstić information content (AvgIpc) is 2.41. The van der Waals surface area contributed by atoms with E-state index in [0.717, 1.165) is 22.7 Å². The first kappa shape index (κ1) is 14.0. The first-order valence-electron chi connectivity index (χ1n) is 5.98. The number of rotatable bonds is 3. The summed E-state index contributed by atoms with van der Waals surface area (Å²) in [5.74, 6) is 0. The molecule has 0 aliphatic carbocycles. The summed E-state index contributed by atoms with van der Waals surface area (Å²) in [6, 6.07) is 12.1. The number of hydrogen-bond donors (Lipinski definition) is 0. The van der Waals surface area contributed by atoms with Gasteiger partial charge in [0.2, 0.25) is 0 Å². The molecule has 0 radical (unpaired) electrons. The van der Waals surface area contributed by atoms with Gasteiger partial charge in [-0.15, -0.1) is 0 Å². The van der Waals surface area contributed by atoms with Crippen molar-refractivity contribution in [1.29, 1.82) is 0 Å². The van der Waals surface area contributed by atoms with Crippen LogP contribution in [0.25, 0.3) is 0 Å². The van der Waals surface area contributed by atoms with Gasteiger partial charge in [0.25, 0.3) is 0 Å². The van der Waals surface area contributed by atoms with E-state index in [1.54, 1.807) is 6.20 Å². The van der Waals surface area contributed by atoms with Crippen molar-refractivity contribution in [2.45, 2.75) is 6.42 Å². The Morgan fingerprint density at radius 2 is 1.95 bits per heavy atom. The average molecular weight is 291 g/mol. The van der Waals surface area contributed by atoms with Crippen molar-refractivity contribution in [3.8, 4) is 0 Å². The van der Waals surface area contributed by atoms with Crippen LogP contribution in [-0.2, 0) is 6.42 Å². The van der Waals surface area contributed by atoms with Gasteiger partial charge in [0.15, 0.2) is 0 Å². The van der Waals surface area contributed by atoms with E-state index in [9.17, 15) is 0 Å². The molecular formula is C15H15ClN2S. The zero-order valence-electron chi connectivity index (χ0n) is 10.9. The summed E-state index contributed by atoms with van der Waals surface area (Å²) in [6.07, 6.45) is 2.42. The van der Waals surface area contributed by atoms with Crippen LogP contribution < -0.4 is 0 Å². The Bertz CT molecular complexity index is 582. The lowest BCUT2D eigenvalue weighted by Crippen LogP contribution is -2.22. The topological polar surface area (TPSA) is 16.1 Å². The predicted octanol–water partition coefficient (Wildman–Crippen LogP) is 3.56. The Kier molecular flexibility index (Phi) is 4.51. The van der Waals surface area contributed by atoms with Gasteiger partial charge >= 0.3 is 0 Å². The zero-order chi connectivity index (χ0) is 13.8. The van der Waals surface area contributed by atoms with Gasteiger partial charge in [-0.25, -0.2) is 0 Å². The van der Waals surface area contributed by atoms with Gasteiger partial charge in [0.05, 0.1) is 10.7 Å². The summed E-state index contributed by atoms with van der Waals surface area (Å²) in [5, 5.41) is 0.607. The molecule has 2 aromatic rings. The first-order chi connectivity index (χ1) is 9.08. The van der Waals surface area contributed by atoms with E-state index in [0.29, 0.717) is 5.02 Å². The Balaban J connectivity index is 2.37. The van der Waals surface area contributed by atoms with E-state index >= 15 is 0 Å². The Morgan fingerprint density at radius 1 is 1.26 bits per heavy atom. The van der Waals surface area contributed by atoms with Crippen LogP contribution in [0.15, 0.2) is 42.6 Å². The minimum atomic E-state index is 0.607. The van der Waals surface area contributed by atoms with Crippen molar-refractivity contribution in [1.82, 2.24) is 9.88 Å². The lowest BCUT2D eigenvalue weighted by atomic mass is 10.0. The molecule has 0 spiro atoms. The summed E-state index contributed by atoms with van der Waals surface area (Å²) >= 11 is 11.5. The molecule has 2 rings (SSSR count). The Labute approximate surface area is 124 Å². The monoisotopic (exact) mass is 290 g/mol. The SMILES string of the molecule is CN(C)C(=S)c1cc(Cl)cnc1Cc1ccccc1. The molecule has 4 heteroatoms. The summed E-state index contributed by atoms with van der Waals surface area (Å²) in [7, 11) is 3.85. The molecule has 0 aliphatic heterocycles. The highest BCUT2D eigenvalue weighted by atomic mass is 35.5. The van der Waals surface area contributed by atoms with Crippen LogP contribution in [0.2, 0.25) is 5.02 Å². The fourth-order valence-corrected chi connectivity index (χ4v) is 2.16. The lowest BCUT2D eigenvalue weighted by Gasteiger charge is -2.17. The number of nitrogens with zero attached hydrogens (tertiary/aromatic N) is 2. The van der Waals surface area contributed by atoms with Crippen LogP contribution in [0.1, 0.15) is 16.8 Å². The Morgan fingerprint density at radius 3 is 2.58 bits per heavy atom. The molecule has 0 bridgehead atoms. The van der Waals surface area contributed by atoms with Crippen molar-refractivity contribution in [2.75, 3.05) is 14.1 Å². The molecule has 1 aromatic carbocycles. The molecule has 0 saturated heterocycles. The minimum Gasteiger partial charge on any atom is -0.368 e. The maximum Gasteiger partial charge on any atom is 0.110 e. The smallest absolute Gasteiger partial charge is 0.110 e. The molecule has 2 nitrogen and oxygen atoms in total. The minimum absolute atomic E-state index is 0.607. The van der Waals surface area contributed by atoms with Crippen molar-refractivity contribution >= 4 is 28.8 Å². The fourth-order valence-electron chi connectivity index (χ4n) is 1.82. The highest BCUT2D eigenvalue weighted by molar-refractivity contribution is 7.80. The van der Waals surface area contributed by atoms with Crippen LogP contribution in [0, 0.1) is 0 Å². The van der Waals surface area contributed by atoms with Gasteiger partial charge < -0.3 is 4.90 Å². The summed E-state index contributed by atoms with van der Waals surface area (Å²) in [4.78, 5) is 7.08. The highest BCUT2D eigenvalue weighted by Gasteiger charge is 2.12. The van der Waals surface area contributed by atoms with Crippen molar-refractivity contribution in [3.05, 3.63) is 64.4 Å². The summed E-state index contributed by atoms with van der Waals surface area (Å²) in [5.41, 5.74) is 3.09. The van der Waals surface area contributed by atoms with E-state index < -0.39 is 0 Å². The number of benzene rings is 1. The number of halogens is 1. The van der Waals surface area contributed by atoms with Crippen LogP contribution in [0.4, 0.5) is 0 Å². The molecule has 0 fully saturated rings. The molecule has 1 heterocycles. The maximum atomic E-state index is 6.03. The molecule has 0 atom stereocenters. The molecule has 0 unspecified atom stereocenters. The molecule has 0 N–H and O–H groups in total. The second kappa shape index (κ2) is 6.13. The quantitative estimate of drug-likeness (QED) is 0.804. The van der Waals surface area contributed by atoms with Gasteiger partial charge in [0, 0.05) is 32.3 Å². The second-order valence-electron chi connectivity index (χ2n) is 4.51. The van der Waals surface area contributed by atoms with E-state index in [1.165, 1.54) is 5.56 Å². The van der Waals surface area contributed by atoms with E-state index in [2.05, 4.69) is 17.1 Å². The molecular weight excluding hydrogens is 276 g/mol. The van der Waals surface area contributed by atoms with Crippen molar-refractivity contribution < 1.29 is 0 Å². The number of aromatic nitrogens is 1. The molecule has 19 heavy (non-hydrogen) atoms. The molecule has 0 saturated carbocycles. The fraction of sp³-hybridized carbons (Fsp3) is 0.200. The summed E-state index contributed by atoms with van der Waals surface area (Å²) < 4.78 is 0. The molecule has 1 aromatic heterocycles. The van der Waals surface area contributed by atoms with Gasteiger partial charge in [-0.3, -0.25) is 4.98 Å². The third-order valence-corrected chi connectivity index (χ3v) is 3.58. The maximum absolute atomic E-state index is 6.03. The van der Waals surface area contributed by atoms with Crippen LogP contribution in [0.3, 0.4) is 0 Å². The third-order valence-electron chi connectivity index (χ3n) is 2.79. The zero-order valence-corrected chi connectivity index (χ0v) is 12.5. The van der Waals surface area contributed by atoms with E-state index in [-0.39, 0.29) is 0 Å². The van der Waals surface area contributed by atoms with Gasteiger partial charge in [-0.2, -0.15) is 0 Å². The number of pyridine rings is 1. The van der Waals surface area contributed by atoms with Crippen LogP contribution in [-0.4, -0.2) is 29.0 Å². The van der Waals surface area contributed by atoms with E-state index in [1.807, 2.05) is 43.3 Å². The molecule has 0 aliphatic rings. The number of thiocarbonyl (C=S) groups is 1.